The van der Waals surface area contributed by atoms with Crippen LogP contribution in [0.5, 0.6) is 5.75 Å². The Morgan fingerprint density at radius 3 is 2.68 bits per heavy atom. The molecule has 0 aliphatic heterocycles. The van der Waals surface area contributed by atoms with Crippen molar-refractivity contribution in [1.82, 2.24) is 0 Å². The van der Waals surface area contributed by atoms with Gasteiger partial charge in [0.25, 0.3) is 0 Å². The highest BCUT2D eigenvalue weighted by Crippen LogP contribution is 2.25. The number of methoxy groups -OCH3 is 1. The van der Waals surface area contributed by atoms with Gasteiger partial charge in [-0.3, -0.25) is 0 Å². The van der Waals surface area contributed by atoms with Crippen molar-refractivity contribution in [2.75, 3.05) is 33.5 Å². The van der Waals surface area contributed by atoms with Crippen molar-refractivity contribution >= 4 is 0 Å². The number of benzene rings is 1. The largest absolute Gasteiger partial charge is 0.491 e. The summed E-state index contributed by atoms with van der Waals surface area (Å²) in [6, 6.07) is 4.10. The van der Waals surface area contributed by atoms with Gasteiger partial charge in [-0.25, -0.2) is 4.39 Å². The molecule has 19 heavy (non-hydrogen) atoms. The summed E-state index contributed by atoms with van der Waals surface area (Å²) in [7, 11) is 1.64. The van der Waals surface area contributed by atoms with Gasteiger partial charge in [0.05, 0.1) is 12.7 Å². The summed E-state index contributed by atoms with van der Waals surface area (Å²) >= 11 is 0. The monoisotopic (exact) mass is 272 g/mol. The summed E-state index contributed by atoms with van der Waals surface area (Å²) in [5.74, 6) is -0.0316. The smallest absolute Gasteiger partial charge is 0.128 e. The molecule has 0 fully saturated rings. The number of aliphatic hydroxyl groups is 1. The summed E-state index contributed by atoms with van der Waals surface area (Å²) in [5.41, 5.74) is 0.570. The first kappa shape index (κ1) is 15.9. The Kier molecular flexibility index (Phi) is 7.40. The van der Waals surface area contributed by atoms with E-state index in [9.17, 15) is 9.50 Å². The number of halogens is 1. The summed E-state index contributed by atoms with van der Waals surface area (Å²) in [5, 5.41) is 9.55. The first-order valence-corrected chi connectivity index (χ1v) is 6.32. The molecule has 0 aliphatic carbocycles. The van der Waals surface area contributed by atoms with Crippen molar-refractivity contribution in [3.63, 3.8) is 0 Å². The molecule has 1 N–H and O–H groups in total. The third-order valence-electron chi connectivity index (χ3n) is 2.55. The summed E-state index contributed by atoms with van der Waals surface area (Å²) in [4.78, 5) is 0. The maximum atomic E-state index is 13.1. The van der Waals surface area contributed by atoms with Crippen LogP contribution in [-0.4, -0.2) is 38.6 Å². The summed E-state index contributed by atoms with van der Waals surface area (Å²) < 4.78 is 28.8. The van der Waals surface area contributed by atoms with Crippen LogP contribution in [0.15, 0.2) is 18.2 Å². The topological polar surface area (TPSA) is 47.9 Å². The molecule has 0 heterocycles. The lowest BCUT2D eigenvalue weighted by atomic mass is 10.1. The second-order valence-corrected chi connectivity index (χ2v) is 4.17. The Hall–Kier alpha value is -1.17. The molecule has 0 saturated carbocycles. The van der Waals surface area contributed by atoms with Crippen LogP contribution < -0.4 is 4.74 Å². The zero-order valence-corrected chi connectivity index (χ0v) is 11.4. The van der Waals surface area contributed by atoms with E-state index in [4.69, 9.17) is 14.2 Å². The molecule has 0 aliphatic rings. The molecule has 0 radical (unpaired) electrons. The molecular formula is C14H21FO4. The molecule has 0 aromatic heterocycles. The number of hydrogen-bond acceptors (Lipinski definition) is 4. The second-order valence-electron chi connectivity index (χ2n) is 4.17. The van der Waals surface area contributed by atoms with Crippen molar-refractivity contribution < 1.29 is 23.7 Å². The van der Waals surface area contributed by atoms with Crippen molar-refractivity contribution in [3.05, 3.63) is 29.6 Å². The maximum Gasteiger partial charge on any atom is 0.128 e. The van der Waals surface area contributed by atoms with Crippen molar-refractivity contribution in [1.29, 1.82) is 0 Å². The molecule has 5 heteroatoms. The minimum absolute atomic E-state index is 0.316. The van der Waals surface area contributed by atoms with E-state index in [1.807, 2.05) is 0 Å². The van der Waals surface area contributed by atoms with E-state index in [2.05, 4.69) is 0 Å². The Balaban J connectivity index is 2.34. The van der Waals surface area contributed by atoms with Gasteiger partial charge in [-0.1, -0.05) is 0 Å². The molecule has 0 amide bonds. The fourth-order valence-electron chi connectivity index (χ4n) is 1.60. The lowest BCUT2D eigenvalue weighted by molar-refractivity contribution is 0.0794. The van der Waals surface area contributed by atoms with Crippen LogP contribution >= 0.6 is 0 Å². The first-order valence-electron chi connectivity index (χ1n) is 6.32. The molecule has 1 rings (SSSR count). The van der Waals surface area contributed by atoms with E-state index in [1.54, 1.807) is 14.0 Å². The third kappa shape index (κ3) is 6.00. The quantitative estimate of drug-likeness (QED) is 0.701. The van der Waals surface area contributed by atoms with Crippen molar-refractivity contribution in [3.8, 4) is 5.75 Å². The minimum Gasteiger partial charge on any atom is -0.491 e. The highest BCUT2D eigenvalue weighted by Gasteiger charge is 2.10. The molecule has 1 aromatic rings. The third-order valence-corrected chi connectivity index (χ3v) is 2.55. The second kappa shape index (κ2) is 8.85. The number of rotatable bonds is 9. The molecular weight excluding hydrogens is 251 g/mol. The minimum atomic E-state index is -0.696. The lowest BCUT2D eigenvalue weighted by Crippen LogP contribution is -2.10. The molecule has 108 valence electrons. The van der Waals surface area contributed by atoms with E-state index in [1.165, 1.54) is 18.2 Å². The van der Waals surface area contributed by atoms with Gasteiger partial charge in [0.2, 0.25) is 0 Å². The molecule has 0 saturated heterocycles. The number of hydrogen-bond donors (Lipinski definition) is 1. The Labute approximate surface area is 113 Å². The van der Waals surface area contributed by atoms with Crippen LogP contribution in [0.4, 0.5) is 4.39 Å². The molecule has 4 nitrogen and oxygen atoms in total. The van der Waals surface area contributed by atoms with Gasteiger partial charge in [0.1, 0.15) is 18.2 Å². The average molecular weight is 272 g/mol. The predicted octanol–water partition coefficient (Wildman–Crippen LogP) is 2.31. The Morgan fingerprint density at radius 2 is 2.00 bits per heavy atom. The highest BCUT2D eigenvalue weighted by atomic mass is 19.1. The lowest BCUT2D eigenvalue weighted by Gasteiger charge is -2.13. The molecule has 1 atom stereocenters. The van der Waals surface area contributed by atoms with Crippen LogP contribution in [0.2, 0.25) is 0 Å². The summed E-state index contributed by atoms with van der Waals surface area (Å²) in [6.45, 7) is 3.61. The summed E-state index contributed by atoms with van der Waals surface area (Å²) in [6.07, 6.45) is 0.133. The van der Waals surface area contributed by atoms with Crippen LogP contribution in [0, 0.1) is 5.82 Å². The molecule has 0 bridgehead atoms. The Bertz CT molecular complexity index is 368. The van der Waals surface area contributed by atoms with Gasteiger partial charge in [0.15, 0.2) is 0 Å². The van der Waals surface area contributed by atoms with Gasteiger partial charge in [-0.15, -0.1) is 0 Å². The van der Waals surface area contributed by atoms with Crippen molar-refractivity contribution in [2.45, 2.75) is 19.4 Å². The van der Waals surface area contributed by atoms with Crippen LogP contribution in [0.1, 0.15) is 25.0 Å². The van der Waals surface area contributed by atoms with E-state index < -0.39 is 6.10 Å². The average Bonchev–Trinajstić information content (AvgIpc) is 2.37. The predicted molar refractivity (Wildman–Crippen MR) is 69.8 cm³/mol. The van der Waals surface area contributed by atoms with Gasteiger partial charge in [-0.05, 0) is 25.5 Å². The molecule has 0 spiro atoms. The van der Waals surface area contributed by atoms with E-state index in [-0.39, 0.29) is 5.82 Å². The molecule has 0 unspecified atom stereocenters. The number of ether oxygens (including phenoxy) is 3. The van der Waals surface area contributed by atoms with E-state index in [0.29, 0.717) is 37.7 Å². The molecule has 1 aromatic carbocycles. The van der Waals surface area contributed by atoms with Crippen molar-refractivity contribution in [2.24, 2.45) is 0 Å². The van der Waals surface area contributed by atoms with Crippen LogP contribution in [0.3, 0.4) is 0 Å². The van der Waals surface area contributed by atoms with Gasteiger partial charge in [-0.2, -0.15) is 0 Å². The SMILES string of the molecule is COCCCOCCOc1cc(F)ccc1[C@@H](C)O. The fraction of sp³-hybridized carbons (Fsp3) is 0.571. The van der Waals surface area contributed by atoms with Crippen LogP contribution in [-0.2, 0) is 9.47 Å². The zero-order valence-electron chi connectivity index (χ0n) is 11.4. The maximum absolute atomic E-state index is 13.1. The van der Waals surface area contributed by atoms with Gasteiger partial charge in [0, 0.05) is 32.0 Å². The normalized spacial score (nSPS) is 12.4. The standard InChI is InChI=1S/C14H21FO4/c1-11(16)13-5-4-12(15)10-14(13)19-9-8-18-7-3-6-17-2/h4-5,10-11,16H,3,6-9H2,1-2H3/t11-/m1/s1. The zero-order chi connectivity index (χ0) is 14.1. The van der Waals surface area contributed by atoms with Gasteiger partial charge < -0.3 is 19.3 Å². The Morgan fingerprint density at radius 1 is 1.21 bits per heavy atom. The van der Waals surface area contributed by atoms with Gasteiger partial charge >= 0.3 is 0 Å². The van der Waals surface area contributed by atoms with Crippen LogP contribution in [0.25, 0.3) is 0 Å². The number of aliphatic hydroxyl groups excluding tert-OH is 1. The van der Waals surface area contributed by atoms with E-state index in [0.717, 1.165) is 6.42 Å². The first-order chi connectivity index (χ1) is 9.15. The highest BCUT2D eigenvalue weighted by molar-refractivity contribution is 5.35. The fourth-order valence-corrected chi connectivity index (χ4v) is 1.60. The van der Waals surface area contributed by atoms with E-state index >= 15 is 0 Å².